The second-order valence-electron chi connectivity index (χ2n) is 7.12. The van der Waals surface area contributed by atoms with Gasteiger partial charge in [0.2, 0.25) is 5.88 Å². The number of hydrogen-bond acceptors (Lipinski definition) is 6. The zero-order valence-electron chi connectivity index (χ0n) is 16.6. The summed E-state index contributed by atoms with van der Waals surface area (Å²) in [6, 6.07) is 1.57. The van der Waals surface area contributed by atoms with Gasteiger partial charge >= 0.3 is 0 Å². The summed E-state index contributed by atoms with van der Waals surface area (Å²) in [5.74, 6) is 0.793. The molecule has 0 spiro atoms. The van der Waals surface area contributed by atoms with Crippen LogP contribution in [0.25, 0.3) is 0 Å². The van der Waals surface area contributed by atoms with Gasteiger partial charge in [0.05, 0.1) is 24.0 Å². The lowest BCUT2D eigenvalue weighted by molar-refractivity contribution is 0.0800. The largest absolute Gasteiger partial charge is 0.487 e. The minimum absolute atomic E-state index is 0.363. The molecule has 6 heteroatoms. The normalized spacial score (nSPS) is 16.7. The van der Waals surface area contributed by atoms with E-state index in [0.717, 1.165) is 56.0 Å². The van der Waals surface area contributed by atoms with E-state index < -0.39 is 5.60 Å². The van der Waals surface area contributed by atoms with E-state index in [1.54, 1.807) is 13.2 Å². The van der Waals surface area contributed by atoms with Gasteiger partial charge in [-0.3, -0.25) is 4.79 Å². The van der Waals surface area contributed by atoms with Gasteiger partial charge in [-0.25, -0.2) is 4.98 Å². The van der Waals surface area contributed by atoms with Gasteiger partial charge in [0.1, 0.15) is 19.0 Å². The monoisotopic (exact) mass is 377 g/mol. The van der Waals surface area contributed by atoms with Gasteiger partial charge in [0.15, 0.2) is 6.29 Å². The molecule has 0 aliphatic heterocycles. The lowest BCUT2D eigenvalue weighted by Crippen LogP contribution is -2.30. The quantitative estimate of drug-likeness (QED) is 0.360. The zero-order valence-corrected chi connectivity index (χ0v) is 16.6. The van der Waals surface area contributed by atoms with Crippen molar-refractivity contribution in [3.05, 3.63) is 29.0 Å². The van der Waals surface area contributed by atoms with Crippen molar-refractivity contribution in [1.29, 1.82) is 0 Å². The first-order chi connectivity index (χ1) is 13.0. The fourth-order valence-corrected chi connectivity index (χ4v) is 3.54. The molecule has 1 atom stereocenters. The van der Waals surface area contributed by atoms with E-state index in [4.69, 9.17) is 14.2 Å². The first kappa shape index (κ1) is 21.4. The van der Waals surface area contributed by atoms with Crippen LogP contribution in [0.3, 0.4) is 0 Å². The van der Waals surface area contributed by atoms with Crippen molar-refractivity contribution in [3.8, 4) is 11.6 Å². The molecule has 0 fully saturated rings. The maximum atomic E-state index is 11.4. The van der Waals surface area contributed by atoms with Crippen molar-refractivity contribution < 1.29 is 24.1 Å². The van der Waals surface area contributed by atoms with Crippen molar-refractivity contribution >= 4 is 6.29 Å². The van der Waals surface area contributed by atoms with E-state index in [2.05, 4.69) is 11.9 Å². The summed E-state index contributed by atoms with van der Waals surface area (Å²) in [6.07, 6.45) is 7.91. The Bertz CT molecular complexity index is 654. The average molecular weight is 377 g/mol. The Hall–Kier alpha value is -1.92. The maximum absolute atomic E-state index is 11.4. The number of aromatic nitrogens is 1. The summed E-state index contributed by atoms with van der Waals surface area (Å²) < 4.78 is 16.3. The molecule has 1 aromatic rings. The third kappa shape index (κ3) is 6.04. The molecule has 0 radical (unpaired) electrons. The van der Waals surface area contributed by atoms with Crippen LogP contribution in [0.2, 0.25) is 0 Å². The third-order valence-electron chi connectivity index (χ3n) is 4.91. The molecule has 2 rings (SSSR count). The molecule has 150 valence electrons. The number of rotatable bonds is 11. The highest BCUT2D eigenvalue weighted by atomic mass is 16.5. The van der Waals surface area contributed by atoms with E-state index >= 15 is 0 Å². The Labute approximate surface area is 161 Å². The SMILES string of the molecule is CCCC(C)(O)C1=C(COc2cnc(OCCOC)cc2C=O)CCCC1. The lowest BCUT2D eigenvalue weighted by Gasteiger charge is -2.32. The van der Waals surface area contributed by atoms with Crippen molar-refractivity contribution in [3.63, 3.8) is 0 Å². The molecule has 1 aromatic heterocycles. The van der Waals surface area contributed by atoms with Crippen LogP contribution in [0.4, 0.5) is 0 Å². The number of pyridine rings is 1. The second kappa shape index (κ2) is 10.4. The van der Waals surface area contributed by atoms with Crippen LogP contribution in [-0.2, 0) is 4.74 Å². The molecule has 0 saturated heterocycles. The molecular weight excluding hydrogens is 346 g/mol. The van der Waals surface area contributed by atoms with Crippen LogP contribution in [0.1, 0.15) is 62.7 Å². The number of aliphatic hydroxyl groups is 1. The van der Waals surface area contributed by atoms with Crippen molar-refractivity contribution in [2.24, 2.45) is 0 Å². The third-order valence-corrected chi connectivity index (χ3v) is 4.91. The van der Waals surface area contributed by atoms with Crippen LogP contribution in [0.5, 0.6) is 11.6 Å². The maximum Gasteiger partial charge on any atom is 0.214 e. The predicted octanol–water partition coefficient (Wildman–Crippen LogP) is 3.72. The summed E-state index contributed by atoms with van der Waals surface area (Å²) in [5.41, 5.74) is 1.84. The molecule has 1 N–H and O–H groups in total. The Morgan fingerprint density at radius 3 is 2.74 bits per heavy atom. The molecule has 0 amide bonds. The molecular formula is C21H31NO5. The highest BCUT2D eigenvalue weighted by molar-refractivity contribution is 5.79. The topological polar surface area (TPSA) is 77.9 Å². The number of hydrogen-bond donors (Lipinski definition) is 1. The number of carbonyl (C=O) groups is 1. The van der Waals surface area contributed by atoms with Crippen LogP contribution >= 0.6 is 0 Å². The van der Waals surface area contributed by atoms with Crippen molar-refractivity contribution in [2.75, 3.05) is 26.9 Å². The van der Waals surface area contributed by atoms with E-state index in [-0.39, 0.29) is 0 Å². The number of carbonyl (C=O) groups excluding carboxylic acids is 1. The molecule has 1 aliphatic carbocycles. The van der Waals surface area contributed by atoms with Crippen LogP contribution in [-0.4, -0.2) is 48.9 Å². The smallest absolute Gasteiger partial charge is 0.214 e. The van der Waals surface area contributed by atoms with Crippen molar-refractivity contribution in [1.82, 2.24) is 4.98 Å². The molecule has 1 aliphatic rings. The van der Waals surface area contributed by atoms with Crippen LogP contribution in [0.15, 0.2) is 23.4 Å². The van der Waals surface area contributed by atoms with Gasteiger partial charge in [-0.1, -0.05) is 13.3 Å². The second-order valence-corrected chi connectivity index (χ2v) is 7.12. The molecule has 1 unspecified atom stereocenters. The first-order valence-electron chi connectivity index (χ1n) is 9.65. The Balaban J connectivity index is 2.11. The van der Waals surface area contributed by atoms with E-state index in [9.17, 15) is 9.90 Å². The van der Waals surface area contributed by atoms with Gasteiger partial charge in [0, 0.05) is 13.2 Å². The molecule has 0 bridgehead atoms. The Kier molecular flexibility index (Phi) is 8.25. The molecule has 0 aromatic carbocycles. The van der Waals surface area contributed by atoms with Gasteiger partial charge < -0.3 is 19.3 Å². The molecule has 27 heavy (non-hydrogen) atoms. The fourth-order valence-electron chi connectivity index (χ4n) is 3.54. The summed E-state index contributed by atoms with van der Waals surface area (Å²) in [6.45, 7) is 5.14. The highest BCUT2D eigenvalue weighted by Crippen LogP contribution is 2.35. The van der Waals surface area contributed by atoms with Gasteiger partial charge in [-0.2, -0.15) is 0 Å². The van der Waals surface area contributed by atoms with Gasteiger partial charge in [0.25, 0.3) is 0 Å². The fraction of sp³-hybridized carbons (Fsp3) is 0.619. The Morgan fingerprint density at radius 2 is 2.04 bits per heavy atom. The summed E-state index contributed by atoms with van der Waals surface area (Å²) in [5, 5.41) is 10.8. The van der Waals surface area contributed by atoms with Gasteiger partial charge in [-0.15, -0.1) is 0 Å². The molecule has 1 heterocycles. The summed E-state index contributed by atoms with van der Waals surface area (Å²) in [7, 11) is 1.59. The van der Waals surface area contributed by atoms with E-state index in [1.807, 2.05) is 6.92 Å². The predicted molar refractivity (Wildman–Crippen MR) is 104 cm³/mol. The number of nitrogens with zero attached hydrogens (tertiary/aromatic N) is 1. The van der Waals surface area contributed by atoms with E-state index in [0.29, 0.717) is 37.0 Å². The average Bonchev–Trinajstić information content (AvgIpc) is 2.67. The van der Waals surface area contributed by atoms with Crippen molar-refractivity contribution in [2.45, 2.75) is 58.0 Å². The number of methoxy groups -OCH3 is 1. The van der Waals surface area contributed by atoms with E-state index in [1.165, 1.54) is 6.20 Å². The first-order valence-corrected chi connectivity index (χ1v) is 9.65. The standard InChI is InChI=1S/C21H31NO5/c1-4-9-21(2,24)18-8-6-5-7-16(18)15-27-19-13-22-20(12-17(19)14-23)26-11-10-25-3/h12-14,24H,4-11,15H2,1-3H3. The van der Waals surface area contributed by atoms with Crippen LogP contribution < -0.4 is 9.47 Å². The highest BCUT2D eigenvalue weighted by Gasteiger charge is 2.29. The minimum Gasteiger partial charge on any atom is -0.487 e. The summed E-state index contributed by atoms with van der Waals surface area (Å²) in [4.78, 5) is 15.6. The molecule has 0 saturated carbocycles. The summed E-state index contributed by atoms with van der Waals surface area (Å²) >= 11 is 0. The minimum atomic E-state index is -0.793. The number of ether oxygens (including phenoxy) is 3. The number of aldehydes is 1. The lowest BCUT2D eigenvalue weighted by atomic mass is 9.80. The van der Waals surface area contributed by atoms with Crippen LogP contribution in [0, 0.1) is 0 Å². The zero-order chi connectivity index (χ0) is 19.7. The molecule has 6 nitrogen and oxygen atoms in total. The Morgan fingerprint density at radius 1 is 1.26 bits per heavy atom. The van der Waals surface area contributed by atoms with Gasteiger partial charge in [-0.05, 0) is 50.2 Å².